The molecule has 0 saturated carbocycles. The summed E-state index contributed by atoms with van der Waals surface area (Å²) in [5, 5.41) is 0. The summed E-state index contributed by atoms with van der Waals surface area (Å²) in [4.78, 5) is 21.7. The standard InChI is InChI=1S/C17H16O4/c1-20-17(19)10-7-13-3-2-4-16(11-13)21-15-8-5-14(12-18)6-9-15/h2-6,8-9,11-12H,7,10H2,1H3. The summed E-state index contributed by atoms with van der Waals surface area (Å²) >= 11 is 0. The number of benzene rings is 2. The van der Waals surface area contributed by atoms with E-state index in [1.165, 1.54) is 7.11 Å². The molecule has 4 nitrogen and oxygen atoms in total. The fourth-order valence-electron chi connectivity index (χ4n) is 1.86. The van der Waals surface area contributed by atoms with E-state index in [2.05, 4.69) is 4.74 Å². The maximum absolute atomic E-state index is 11.1. The van der Waals surface area contributed by atoms with Crippen molar-refractivity contribution in [1.29, 1.82) is 0 Å². The molecule has 2 aromatic rings. The van der Waals surface area contributed by atoms with E-state index < -0.39 is 0 Å². The Hall–Kier alpha value is -2.62. The van der Waals surface area contributed by atoms with Gasteiger partial charge < -0.3 is 9.47 Å². The van der Waals surface area contributed by atoms with Crippen molar-refractivity contribution in [1.82, 2.24) is 0 Å². The van der Waals surface area contributed by atoms with Crippen LogP contribution < -0.4 is 4.74 Å². The van der Waals surface area contributed by atoms with Gasteiger partial charge in [0, 0.05) is 12.0 Å². The summed E-state index contributed by atoms with van der Waals surface area (Å²) in [6, 6.07) is 14.4. The van der Waals surface area contributed by atoms with E-state index >= 15 is 0 Å². The number of hydrogen-bond donors (Lipinski definition) is 0. The molecule has 0 aliphatic carbocycles. The Labute approximate surface area is 123 Å². The van der Waals surface area contributed by atoms with Gasteiger partial charge in [-0.1, -0.05) is 12.1 Å². The van der Waals surface area contributed by atoms with Crippen LogP contribution in [0.5, 0.6) is 11.5 Å². The summed E-state index contributed by atoms with van der Waals surface area (Å²) in [7, 11) is 1.38. The van der Waals surface area contributed by atoms with Crippen LogP contribution in [0, 0.1) is 0 Å². The topological polar surface area (TPSA) is 52.6 Å². The van der Waals surface area contributed by atoms with Crippen LogP contribution in [0.25, 0.3) is 0 Å². The first-order valence-electron chi connectivity index (χ1n) is 6.60. The molecule has 0 amide bonds. The molecule has 0 aromatic heterocycles. The molecule has 0 heterocycles. The van der Waals surface area contributed by atoms with Gasteiger partial charge in [-0.2, -0.15) is 0 Å². The molecule has 0 bridgehead atoms. The second-order valence-corrected chi connectivity index (χ2v) is 4.51. The quantitative estimate of drug-likeness (QED) is 0.602. The predicted octanol–water partition coefficient (Wildman–Crippen LogP) is 3.40. The van der Waals surface area contributed by atoms with Crippen molar-refractivity contribution in [3.63, 3.8) is 0 Å². The van der Waals surface area contributed by atoms with E-state index in [1.54, 1.807) is 24.3 Å². The molecule has 2 rings (SSSR count). The Kier molecular flexibility index (Phi) is 5.10. The second-order valence-electron chi connectivity index (χ2n) is 4.51. The van der Waals surface area contributed by atoms with Gasteiger partial charge in [0.2, 0.25) is 0 Å². The predicted molar refractivity (Wildman–Crippen MR) is 78.7 cm³/mol. The molecule has 0 unspecified atom stereocenters. The second kappa shape index (κ2) is 7.24. The molecule has 0 atom stereocenters. The van der Waals surface area contributed by atoms with Gasteiger partial charge in [0.1, 0.15) is 17.8 Å². The Balaban J connectivity index is 2.02. The molecule has 4 heteroatoms. The van der Waals surface area contributed by atoms with Crippen molar-refractivity contribution in [2.45, 2.75) is 12.8 Å². The fraction of sp³-hybridized carbons (Fsp3) is 0.176. The highest BCUT2D eigenvalue weighted by Gasteiger charge is 2.03. The molecule has 108 valence electrons. The van der Waals surface area contributed by atoms with E-state index in [-0.39, 0.29) is 5.97 Å². The number of carbonyl (C=O) groups excluding carboxylic acids is 2. The smallest absolute Gasteiger partial charge is 0.305 e. The minimum Gasteiger partial charge on any atom is -0.469 e. The fourth-order valence-corrected chi connectivity index (χ4v) is 1.86. The third-order valence-corrected chi connectivity index (χ3v) is 3.00. The number of aldehydes is 1. The van der Waals surface area contributed by atoms with Gasteiger partial charge in [0.05, 0.1) is 7.11 Å². The average molecular weight is 284 g/mol. The van der Waals surface area contributed by atoms with Crippen LogP contribution in [-0.2, 0) is 16.0 Å². The highest BCUT2D eigenvalue weighted by atomic mass is 16.5. The first-order chi connectivity index (χ1) is 10.2. The highest BCUT2D eigenvalue weighted by Crippen LogP contribution is 2.23. The van der Waals surface area contributed by atoms with Gasteiger partial charge in [-0.05, 0) is 48.4 Å². The molecule has 0 aliphatic heterocycles. The summed E-state index contributed by atoms with van der Waals surface area (Å²) in [5.74, 6) is 1.12. The number of hydrogen-bond acceptors (Lipinski definition) is 4. The SMILES string of the molecule is COC(=O)CCc1cccc(Oc2ccc(C=O)cc2)c1. The zero-order valence-electron chi connectivity index (χ0n) is 11.7. The molecule has 0 spiro atoms. The van der Waals surface area contributed by atoms with E-state index in [9.17, 15) is 9.59 Å². The largest absolute Gasteiger partial charge is 0.469 e. The molecule has 2 aromatic carbocycles. The van der Waals surface area contributed by atoms with Gasteiger partial charge >= 0.3 is 5.97 Å². The van der Waals surface area contributed by atoms with Crippen molar-refractivity contribution >= 4 is 12.3 Å². The van der Waals surface area contributed by atoms with Crippen LogP contribution in [-0.4, -0.2) is 19.4 Å². The lowest BCUT2D eigenvalue weighted by Crippen LogP contribution is -2.01. The minimum atomic E-state index is -0.231. The van der Waals surface area contributed by atoms with Gasteiger partial charge in [-0.15, -0.1) is 0 Å². The average Bonchev–Trinajstić information content (AvgIpc) is 2.53. The van der Waals surface area contributed by atoms with Crippen molar-refractivity contribution < 1.29 is 19.1 Å². The number of aryl methyl sites for hydroxylation is 1. The van der Waals surface area contributed by atoms with E-state index in [4.69, 9.17) is 4.74 Å². The summed E-state index contributed by atoms with van der Waals surface area (Å²) < 4.78 is 10.3. The third kappa shape index (κ3) is 4.45. The molecule has 0 fully saturated rings. The molecular weight excluding hydrogens is 268 g/mol. The maximum Gasteiger partial charge on any atom is 0.305 e. The molecule has 0 radical (unpaired) electrons. The Bertz CT molecular complexity index is 617. The zero-order valence-corrected chi connectivity index (χ0v) is 11.7. The molecule has 0 aliphatic rings. The Morgan fingerprint density at radius 2 is 1.86 bits per heavy atom. The summed E-state index contributed by atoms with van der Waals surface area (Å²) in [6.07, 6.45) is 1.74. The highest BCUT2D eigenvalue weighted by molar-refractivity contribution is 5.74. The van der Waals surface area contributed by atoms with Crippen molar-refractivity contribution in [3.8, 4) is 11.5 Å². The molecule has 21 heavy (non-hydrogen) atoms. The lowest BCUT2D eigenvalue weighted by Gasteiger charge is -2.07. The monoisotopic (exact) mass is 284 g/mol. The van der Waals surface area contributed by atoms with Crippen LogP contribution in [0.15, 0.2) is 48.5 Å². The van der Waals surface area contributed by atoms with E-state index in [0.717, 1.165) is 11.8 Å². The van der Waals surface area contributed by atoms with Crippen LogP contribution in [0.2, 0.25) is 0 Å². The lowest BCUT2D eigenvalue weighted by atomic mass is 10.1. The zero-order chi connectivity index (χ0) is 15.1. The van der Waals surface area contributed by atoms with Gasteiger partial charge in [0.25, 0.3) is 0 Å². The van der Waals surface area contributed by atoms with Gasteiger partial charge in [0.15, 0.2) is 0 Å². The molecule has 0 N–H and O–H groups in total. The lowest BCUT2D eigenvalue weighted by molar-refractivity contribution is -0.140. The van der Waals surface area contributed by atoms with Crippen molar-refractivity contribution in [2.24, 2.45) is 0 Å². The van der Waals surface area contributed by atoms with E-state index in [0.29, 0.717) is 29.9 Å². The minimum absolute atomic E-state index is 0.231. The van der Waals surface area contributed by atoms with E-state index in [1.807, 2.05) is 24.3 Å². The van der Waals surface area contributed by atoms with Gasteiger partial charge in [-0.25, -0.2) is 0 Å². The number of carbonyl (C=O) groups is 2. The van der Waals surface area contributed by atoms with Crippen molar-refractivity contribution in [2.75, 3.05) is 7.11 Å². The first kappa shape index (κ1) is 14.8. The summed E-state index contributed by atoms with van der Waals surface area (Å²) in [6.45, 7) is 0. The normalized spacial score (nSPS) is 9.95. The number of esters is 1. The number of methoxy groups -OCH3 is 1. The summed E-state index contributed by atoms with van der Waals surface area (Å²) in [5.41, 5.74) is 1.61. The van der Waals surface area contributed by atoms with Crippen molar-refractivity contribution in [3.05, 3.63) is 59.7 Å². The number of ether oxygens (including phenoxy) is 2. The van der Waals surface area contributed by atoms with Gasteiger partial charge in [-0.3, -0.25) is 9.59 Å². The Morgan fingerprint density at radius 1 is 1.10 bits per heavy atom. The van der Waals surface area contributed by atoms with Crippen LogP contribution in [0.1, 0.15) is 22.3 Å². The Morgan fingerprint density at radius 3 is 2.52 bits per heavy atom. The molecule has 0 saturated heterocycles. The van der Waals surface area contributed by atoms with Crippen LogP contribution >= 0.6 is 0 Å². The van der Waals surface area contributed by atoms with Crippen LogP contribution in [0.3, 0.4) is 0 Å². The third-order valence-electron chi connectivity index (χ3n) is 3.00. The maximum atomic E-state index is 11.1. The first-order valence-corrected chi connectivity index (χ1v) is 6.60. The van der Waals surface area contributed by atoms with Crippen LogP contribution in [0.4, 0.5) is 0 Å². The number of rotatable bonds is 6. The molecular formula is C17H16O4.